The molecule has 60 valence electrons. The minimum atomic E-state index is -0.304. The number of hydrogen-bond donors (Lipinski definition) is 2. The van der Waals surface area contributed by atoms with Crippen molar-refractivity contribution in [2.75, 3.05) is 19.0 Å². The maximum Gasteiger partial charge on any atom is 0.315 e. The van der Waals surface area contributed by atoms with Crippen LogP contribution in [0.3, 0.4) is 0 Å². The van der Waals surface area contributed by atoms with Gasteiger partial charge >= 0.3 is 5.97 Å². The molecule has 0 amide bonds. The summed E-state index contributed by atoms with van der Waals surface area (Å²) < 4.78 is 4.67. The molecule has 0 aromatic heterocycles. The molecule has 0 aliphatic carbocycles. The van der Waals surface area contributed by atoms with E-state index in [1.807, 2.05) is 0 Å². The number of ether oxygens (including phenoxy) is 1. The van der Waals surface area contributed by atoms with Gasteiger partial charge in [0, 0.05) is 6.61 Å². The van der Waals surface area contributed by atoms with Crippen LogP contribution >= 0.6 is 12.6 Å². The lowest BCUT2D eigenvalue weighted by Gasteiger charge is -2.00. The topological polar surface area (TPSA) is 46.5 Å². The smallest absolute Gasteiger partial charge is 0.315 e. The predicted molar refractivity (Wildman–Crippen MR) is 41.1 cm³/mol. The van der Waals surface area contributed by atoms with Gasteiger partial charge in [-0.15, -0.1) is 0 Å². The van der Waals surface area contributed by atoms with Crippen molar-refractivity contribution in [1.82, 2.24) is 0 Å². The van der Waals surface area contributed by atoms with Gasteiger partial charge in [-0.25, -0.2) is 0 Å². The van der Waals surface area contributed by atoms with Crippen LogP contribution in [-0.4, -0.2) is 30.0 Å². The fraction of sp³-hybridized carbons (Fsp3) is 0.833. The minimum Gasteiger partial charge on any atom is -0.465 e. The van der Waals surface area contributed by atoms with Crippen molar-refractivity contribution in [1.29, 1.82) is 0 Å². The summed E-state index contributed by atoms with van der Waals surface area (Å²) in [6, 6.07) is 0. The van der Waals surface area contributed by atoms with E-state index in [2.05, 4.69) is 17.4 Å². The van der Waals surface area contributed by atoms with Crippen molar-refractivity contribution in [3.8, 4) is 0 Å². The van der Waals surface area contributed by atoms with Gasteiger partial charge in [0.1, 0.15) is 0 Å². The van der Waals surface area contributed by atoms with Crippen LogP contribution in [0.1, 0.15) is 12.8 Å². The second kappa shape index (κ2) is 6.89. The summed E-state index contributed by atoms with van der Waals surface area (Å²) in [5.74, 6) is -0.180. The summed E-state index contributed by atoms with van der Waals surface area (Å²) in [4.78, 5) is 10.4. The molecule has 10 heavy (non-hydrogen) atoms. The maximum absolute atomic E-state index is 10.4. The average Bonchev–Trinajstić information content (AvgIpc) is 1.98. The Morgan fingerprint density at radius 1 is 1.50 bits per heavy atom. The van der Waals surface area contributed by atoms with Gasteiger partial charge in [0.25, 0.3) is 0 Å². The molecule has 0 bridgehead atoms. The van der Waals surface area contributed by atoms with E-state index < -0.39 is 0 Å². The van der Waals surface area contributed by atoms with Crippen LogP contribution in [0.5, 0.6) is 0 Å². The molecule has 0 aliphatic heterocycles. The number of aliphatic hydroxyl groups excluding tert-OH is 1. The lowest BCUT2D eigenvalue weighted by molar-refractivity contribution is -0.140. The Bertz CT molecular complexity index is 95.0. The molecule has 4 heteroatoms. The SMILES string of the molecule is O=C(CS)OCCCCO. The number of rotatable bonds is 5. The van der Waals surface area contributed by atoms with Crippen molar-refractivity contribution < 1.29 is 14.6 Å². The molecule has 3 nitrogen and oxygen atoms in total. The zero-order valence-corrected chi connectivity index (χ0v) is 6.64. The van der Waals surface area contributed by atoms with Crippen molar-refractivity contribution in [3.63, 3.8) is 0 Å². The molecule has 0 aromatic carbocycles. The van der Waals surface area contributed by atoms with Crippen molar-refractivity contribution in [2.24, 2.45) is 0 Å². The van der Waals surface area contributed by atoms with Crippen LogP contribution in [0.15, 0.2) is 0 Å². The first-order chi connectivity index (χ1) is 4.81. The summed E-state index contributed by atoms with van der Waals surface area (Å²) in [5.41, 5.74) is 0. The lowest BCUT2D eigenvalue weighted by Crippen LogP contribution is -2.07. The summed E-state index contributed by atoms with van der Waals surface area (Å²) in [5, 5.41) is 8.33. The van der Waals surface area contributed by atoms with Crippen molar-refractivity contribution in [3.05, 3.63) is 0 Å². The fourth-order valence-corrected chi connectivity index (χ4v) is 0.537. The van der Waals surface area contributed by atoms with Gasteiger partial charge < -0.3 is 9.84 Å². The Kier molecular flexibility index (Phi) is 6.74. The highest BCUT2D eigenvalue weighted by molar-refractivity contribution is 7.81. The number of esters is 1. The average molecular weight is 164 g/mol. The van der Waals surface area contributed by atoms with E-state index in [1.54, 1.807) is 0 Å². The maximum atomic E-state index is 10.4. The Morgan fingerprint density at radius 3 is 2.70 bits per heavy atom. The molecule has 0 heterocycles. The van der Waals surface area contributed by atoms with Crippen LogP contribution < -0.4 is 0 Å². The Balaban J connectivity index is 2.96. The molecule has 0 fully saturated rings. The number of hydrogen-bond acceptors (Lipinski definition) is 4. The molecule has 0 aromatic rings. The molecule has 0 saturated heterocycles. The highest BCUT2D eigenvalue weighted by Crippen LogP contribution is 1.89. The van der Waals surface area contributed by atoms with E-state index in [9.17, 15) is 4.79 Å². The summed E-state index contributed by atoms with van der Waals surface area (Å²) >= 11 is 3.72. The van der Waals surface area contributed by atoms with Crippen molar-refractivity contribution >= 4 is 18.6 Å². The third-order valence-electron chi connectivity index (χ3n) is 0.945. The molecule has 0 saturated carbocycles. The normalized spacial score (nSPS) is 9.40. The molecule has 0 unspecified atom stereocenters. The number of carbonyl (C=O) groups excluding carboxylic acids is 1. The highest BCUT2D eigenvalue weighted by Gasteiger charge is 1.96. The summed E-state index contributed by atoms with van der Waals surface area (Å²) in [6.45, 7) is 0.540. The minimum absolute atomic E-state index is 0.124. The summed E-state index contributed by atoms with van der Waals surface area (Å²) in [7, 11) is 0. The van der Waals surface area contributed by atoms with Gasteiger partial charge in [-0.3, -0.25) is 4.79 Å². The van der Waals surface area contributed by atoms with E-state index in [1.165, 1.54) is 0 Å². The van der Waals surface area contributed by atoms with Gasteiger partial charge in [-0.1, -0.05) is 0 Å². The molecule has 0 radical (unpaired) electrons. The summed E-state index contributed by atoms with van der Waals surface area (Å²) in [6.07, 6.45) is 1.40. The third kappa shape index (κ3) is 5.91. The first kappa shape index (κ1) is 9.78. The zero-order valence-electron chi connectivity index (χ0n) is 5.75. The van der Waals surface area contributed by atoms with E-state index >= 15 is 0 Å². The second-order valence-electron chi connectivity index (χ2n) is 1.81. The van der Waals surface area contributed by atoms with Gasteiger partial charge in [0.15, 0.2) is 0 Å². The quantitative estimate of drug-likeness (QED) is 0.347. The molecular formula is C6H12O3S. The van der Waals surface area contributed by atoms with Crippen LogP contribution in [0.25, 0.3) is 0 Å². The third-order valence-corrected chi connectivity index (χ3v) is 1.20. The van der Waals surface area contributed by atoms with Gasteiger partial charge in [0.2, 0.25) is 0 Å². The Morgan fingerprint density at radius 2 is 2.20 bits per heavy atom. The highest BCUT2D eigenvalue weighted by atomic mass is 32.1. The van der Waals surface area contributed by atoms with Gasteiger partial charge in [0.05, 0.1) is 12.4 Å². The van der Waals surface area contributed by atoms with Gasteiger partial charge in [-0.2, -0.15) is 12.6 Å². The standard InChI is InChI=1S/C6H12O3S/c7-3-1-2-4-9-6(8)5-10/h7,10H,1-5H2. The number of aliphatic hydroxyl groups is 1. The molecule has 0 atom stereocenters. The largest absolute Gasteiger partial charge is 0.465 e. The van der Waals surface area contributed by atoms with E-state index in [0.717, 1.165) is 6.42 Å². The first-order valence-corrected chi connectivity index (χ1v) is 3.82. The Labute approximate surface area is 65.8 Å². The molecule has 1 N–H and O–H groups in total. The monoisotopic (exact) mass is 164 g/mol. The van der Waals surface area contributed by atoms with Gasteiger partial charge in [-0.05, 0) is 12.8 Å². The lowest BCUT2D eigenvalue weighted by atomic mass is 10.3. The van der Waals surface area contributed by atoms with Crippen LogP contribution in [0, 0.1) is 0 Å². The number of carbonyl (C=O) groups is 1. The molecule has 0 rings (SSSR count). The first-order valence-electron chi connectivity index (χ1n) is 3.18. The van der Waals surface area contributed by atoms with Crippen LogP contribution in [0.4, 0.5) is 0 Å². The van der Waals surface area contributed by atoms with Crippen LogP contribution in [-0.2, 0) is 9.53 Å². The predicted octanol–water partition coefficient (Wildman–Crippen LogP) is 0.232. The molecule has 0 aliphatic rings. The second-order valence-corrected chi connectivity index (χ2v) is 2.13. The molecular weight excluding hydrogens is 152 g/mol. The van der Waals surface area contributed by atoms with E-state index in [0.29, 0.717) is 13.0 Å². The van der Waals surface area contributed by atoms with E-state index in [-0.39, 0.29) is 18.3 Å². The number of thiol groups is 1. The van der Waals surface area contributed by atoms with E-state index in [4.69, 9.17) is 5.11 Å². The zero-order chi connectivity index (χ0) is 7.82. The molecule has 0 spiro atoms. The van der Waals surface area contributed by atoms with Crippen molar-refractivity contribution in [2.45, 2.75) is 12.8 Å². The number of unbranched alkanes of at least 4 members (excludes halogenated alkanes) is 1. The Hall–Kier alpha value is -0.220. The van der Waals surface area contributed by atoms with Crippen LogP contribution in [0.2, 0.25) is 0 Å². The fourth-order valence-electron chi connectivity index (χ4n) is 0.446.